The number of ether oxygens (including phenoxy) is 4. The average Bonchev–Trinajstić information content (AvgIpc) is 3.40. The van der Waals surface area contributed by atoms with E-state index in [-0.39, 0.29) is 32.7 Å². The Morgan fingerprint density at radius 3 is 1.06 bits per heavy atom. The summed E-state index contributed by atoms with van der Waals surface area (Å²) in [5, 5.41) is 11.8. The summed E-state index contributed by atoms with van der Waals surface area (Å²) in [4.78, 5) is 37.3. The van der Waals surface area contributed by atoms with Gasteiger partial charge in [0.2, 0.25) is 0 Å². The summed E-state index contributed by atoms with van der Waals surface area (Å²) in [6.07, 6.45) is 83.7. The Kier molecular flexibility index (Phi) is 52.5. The molecular formula is C68H103NO8. The van der Waals surface area contributed by atoms with Crippen molar-refractivity contribution in [2.75, 3.05) is 47.5 Å². The van der Waals surface area contributed by atoms with Crippen molar-refractivity contribution in [1.29, 1.82) is 0 Å². The number of carbonyl (C=O) groups is 3. The molecule has 0 saturated heterocycles. The van der Waals surface area contributed by atoms with E-state index < -0.39 is 30.3 Å². The highest BCUT2D eigenvalue weighted by Gasteiger charge is 2.21. The highest BCUT2D eigenvalue weighted by Crippen LogP contribution is 2.11. The summed E-state index contributed by atoms with van der Waals surface area (Å²) in [7, 11) is 5.87. The SMILES string of the molecule is CC/C=C\C/C=C\C/C=C\C/C=C\C/C=C\C/C=C\C/C=C\C/C=C\CCCCCCC(=O)OC(COC(=O)CCC/C=C\C/C=C\C/C=C\C/C=C\C/C=C\C/C=C\C/C=C\CC)COC(OCC[N+](C)(C)C)C(=O)[O-]. The van der Waals surface area contributed by atoms with Gasteiger partial charge in [-0.3, -0.25) is 9.59 Å². The summed E-state index contributed by atoms with van der Waals surface area (Å²) in [5.41, 5.74) is 0. The van der Waals surface area contributed by atoms with E-state index in [1.54, 1.807) is 0 Å². The van der Waals surface area contributed by atoms with Crippen LogP contribution in [0.4, 0.5) is 0 Å². The third kappa shape index (κ3) is 57.9. The number of carboxylic acid groups (broad SMARTS) is 1. The smallest absolute Gasteiger partial charge is 0.306 e. The first-order valence-corrected chi connectivity index (χ1v) is 28.9. The molecular weight excluding hydrogens is 959 g/mol. The van der Waals surface area contributed by atoms with Gasteiger partial charge in [-0.25, -0.2) is 0 Å². The third-order valence-electron chi connectivity index (χ3n) is 11.1. The van der Waals surface area contributed by atoms with Gasteiger partial charge in [-0.1, -0.05) is 209 Å². The van der Waals surface area contributed by atoms with E-state index >= 15 is 0 Å². The molecule has 0 aromatic rings. The molecule has 9 nitrogen and oxygen atoms in total. The van der Waals surface area contributed by atoms with Gasteiger partial charge in [-0.05, 0) is 128 Å². The summed E-state index contributed by atoms with van der Waals surface area (Å²) in [5.74, 6) is -2.43. The van der Waals surface area contributed by atoms with Crippen LogP contribution in [-0.2, 0) is 33.3 Å². The Balaban J connectivity index is 4.48. The van der Waals surface area contributed by atoms with E-state index in [1.807, 2.05) is 21.1 Å². The zero-order chi connectivity index (χ0) is 56.2. The van der Waals surface area contributed by atoms with E-state index in [1.165, 1.54) is 0 Å². The van der Waals surface area contributed by atoms with Crippen LogP contribution in [0.1, 0.15) is 168 Å². The number of rotatable bonds is 50. The van der Waals surface area contributed by atoms with E-state index in [4.69, 9.17) is 18.9 Å². The highest BCUT2D eigenvalue weighted by atomic mass is 16.7. The van der Waals surface area contributed by atoms with E-state index in [2.05, 4.69) is 196 Å². The molecule has 0 saturated carbocycles. The predicted molar refractivity (Wildman–Crippen MR) is 324 cm³/mol. The second-order valence-electron chi connectivity index (χ2n) is 19.5. The number of aliphatic carboxylic acids is 1. The van der Waals surface area contributed by atoms with Gasteiger partial charge in [0.25, 0.3) is 0 Å². The van der Waals surface area contributed by atoms with Crippen molar-refractivity contribution in [3.63, 3.8) is 0 Å². The number of esters is 2. The molecule has 0 aliphatic rings. The molecule has 0 aromatic heterocycles. The summed E-state index contributed by atoms with van der Waals surface area (Å²) >= 11 is 0. The lowest BCUT2D eigenvalue weighted by Crippen LogP contribution is -2.44. The molecule has 0 aromatic carbocycles. The summed E-state index contributed by atoms with van der Waals surface area (Å²) < 4.78 is 22.6. The van der Waals surface area contributed by atoms with Gasteiger partial charge in [0.1, 0.15) is 13.2 Å². The molecule has 2 unspecified atom stereocenters. The molecule has 0 radical (unpaired) electrons. The van der Waals surface area contributed by atoms with Gasteiger partial charge < -0.3 is 33.3 Å². The molecule has 0 heterocycles. The standard InChI is InChI=1S/C68H103NO8/c1-6-8-10-12-14-16-18-20-22-24-26-28-30-31-32-33-34-35-37-39-41-43-45-47-49-51-53-55-57-59-66(71)77-64(63-76-68(67(72)73)74-61-60-69(3,4)5)62-75-65(70)58-56-54-52-50-48-46-44-42-40-38-36-29-27-25-23-21-19-17-15-13-11-9-7-2/h8-11,14-17,20-23,26-29,31-32,34-35,38-41,44-47,50,52,64,68H,6-7,12-13,18-19,24-25,30,33,36-37,42-43,48-49,51,53-63H2,1-5H3/b10-8-,11-9-,16-14-,17-15-,22-20-,23-21-,28-26-,29-27-,32-31-,35-34-,40-38-,41-39-,46-44-,47-45-,52-50-. The fourth-order valence-corrected chi connectivity index (χ4v) is 6.77. The van der Waals surface area contributed by atoms with Crippen LogP contribution in [0.3, 0.4) is 0 Å². The van der Waals surface area contributed by atoms with Crippen LogP contribution in [0.5, 0.6) is 0 Å². The largest absolute Gasteiger partial charge is 0.545 e. The number of nitrogens with zero attached hydrogens (tertiary/aromatic N) is 1. The molecule has 0 aliphatic heterocycles. The number of hydrogen-bond donors (Lipinski definition) is 0. The van der Waals surface area contributed by atoms with Crippen molar-refractivity contribution < 1.29 is 42.9 Å². The van der Waals surface area contributed by atoms with Crippen LogP contribution in [0.25, 0.3) is 0 Å². The fraction of sp³-hybridized carbons (Fsp3) is 0.515. The van der Waals surface area contributed by atoms with E-state index in [0.717, 1.165) is 128 Å². The molecule has 428 valence electrons. The van der Waals surface area contributed by atoms with Crippen LogP contribution < -0.4 is 5.11 Å². The van der Waals surface area contributed by atoms with Gasteiger partial charge in [0.05, 0.1) is 40.3 Å². The summed E-state index contributed by atoms with van der Waals surface area (Å²) in [6, 6.07) is 0. The van der Waals surface area contributed by atoms with Gasteiger partial charge in [0, 0.05) is 12.8 Å². The lowest BCUT2D eigenvalue weighted by atomic mass is 10.1. The van der Waals surface area contributed by atoms with E-state index in [9.17, 15) is 19.5 Å². The van der Waals surface area contributed by atoms with Crippen molar-refractivity contribution >= 4 is 17.9 Å². The minimum Gasteiger partial charge on any atom is -0.545 e. The maximum Gasteiger partial charge on any atom is 0.306 e. The Morgan fingerprint density at radius 2 is 0.714 bits per heavy atom. The maximum absolute atomic E-state index is 12.9. The second kappa shape index (κ2) is 56.6. The maximum atomic E-state index is 12.9. The summed E-state index contributed by atoms with van der Waals surface area (Å²) in [6.45, 7) is 4.38. The average molecular weight is 1060 g/mol. The van der Waals surface area contributed by atoms with Gasteiger partial charge in [-0.2, -0.15) is 0 Å². The van der Waals surface area contributed by atoms with Crippen molar-refractivity contribution in [2.24, 2.45) is 0 Å². The predicted octanol–water partition coefficient (Wildman–Crippen LogP) is 16.0. The number of quaternary nitrogens is 1. The van der Waals surface area contributed by atoms with Crippen molar-refractivity contribution in [2.45, 2.75) is 180 Å². The number of carboxylic acids is 1. The molecule has 0 bridgehead atoms. The molecule has 0 rings (SSSR count). The van der Waals surface area contributed by atoms with Crippen LogP contribution in [0.15, 0.2) is 182 Å². The molecule has 0 aliphatic carbocycles. The number of likely N-dealkylation sites (N-methyl/N-ethyl adjacent to an activating group) is 1. The monoisotopic (exact) mass is 1060 g/mol. The Hall–Kier alpha value is -5.61. The van der Waals surface area contributed by atoms with Gasteiger partial charge in [-0.15, -0.1) is 0 Å². The topological polar surface area (TPSA) is 111 Å². The first-order chi connectivity index (χ1) is 37.6. The Bertz CT molecular complexity index is 1910. The molecule has 2 atom stereocenters. The number of unbranched alkanes of at least 4 members (excludes halogenated alkanes) is 5. The van der Waals surface area contributed by atoms with Crippen LogP contribution in [-0.4, -0.2) is 82.3 Å². The Morgan fingerprint density at radius 1 is 0.390 bits per heavy atom. The quantitative estimate of drug-likeness (QED) is 0.0195. The first-order valence-electron chi connectivity index (χ1n) is 28.9. The normalized spacial score (nSPS) is 14.1. The van der Waals surface area contributed by atoms with Crippen LogP contribution in [0, 0.1) is 0 Å². The van der Waals surface area contributed by atoms with Gasteiger partial charge >= 0.3 is 11.9 Å². The molecule has 0 N–H and O–H groups in total. The molecule has 9 heteroatoms. The number of hydrogen-bond acceptors (Lipinski definition) is 8. The van der Waals surface area contributed by atoms with Crippen molar-refractivity contribution in [1.82, 2.24) is 0 Å². The zero-order valence-corrected chi connectivity index (χ0v) is 48.5. The van der Waals surface area contributed by atoms with Crippen molar-refractivity contribution in [3.05, 3.63) is 182 Å². The van der Waals surface area contributed by atoms with Crippen LogP contribution in [0.2, 0.25) is 0 Å². The molecule has 0 fully saturated rings. The fourth-order valence-electron chi connectivity index (χ4n) is 6.77. The first kappa shape index (κ1) is 71.4. The molecule has 77 heavy (non-hydrogen) atoms. The lowest BCUT2D eigenvalue weighted by molar-refractivity contribution is -0.870. The highest BCUT2D eigenvalue weighted by molar-refractivity contribution is 5.70. The van der Waals surface area contributed by atoms with Crippen LogP contribution >= 0.6 is 0 Å². The van der Waals surface area contributed by atoms with Crippen molar-refractivity contribution in [3.8, 4) is 0 Å². The van der Waals surface area contributed by atoms with Gasteiger partial charge in [0.15, 0.2) is 12.4 Å². The molecule has 0 amide bonds. The zero-order valence-electron chi connectivity index (χ0n) is 48.5. The Labute approximate surface area is 469 Å². The third-order valence-corrected chi connectivity index (χ3v) is 11.1. The van der Waals surface area contributed by atoms with E-state index in [0.29, 0.717) is 23.9 Å². The number of allylic oxidation sites excluding steroid dienone is 30. The molecule has 0 spiro atoms. The lowest BCUT2D eigenvalue weighted by Gasteiger charge is -2.26. The number of carbonyl (C=O) groups excluding carboxylic acids is 3. The minimum absolute atomic E-state index is 0.121. The minimum atomic E-state index is -1.66. The second-order valence-corrected chi connectivity index (χ2v) is 19.5.